The fraction of sp³-hybridized carbons (Fsp3) is 0.875. The van der Waals surface area contributed by atoms with E-state index in [2.05, 4.69) is 0 Å². The van der Waals surface area contributed by atoms with E-state index in [1.54, 1.807) is 0 Å². The van der Waals surface area contributed by atoms with E-state index >= 15 is 0 Å². The molecule has 5 heteroatoms. The standard InChI is InChI=1S/C8H11ClO4/c9-8(11)13-7-4(3-10)5-1-2-6(7)12-5/h4-7,10H,1-3H2/t4-,5+,6-,7-/m1/s1. The summed E-state index contributed by atoms with van der Waals surface area (Å²) >= 11 is 5.12. The molecule has 2 saturated heterocycles. The van der Waals surface area contributed by atoms with Gasteiger partial charge in [0.25, 0.3) is 0 Å². The zero-order chi connectivity index (χ0) is 9.42. The fourth-order valence-electron chi connectivity index (χ4n) is 2.22. The highest BCUT2D eigenvalue weighted by Gasteiger charge is 2.50. The van der Waals surface area contributed by atoms with E-state index < -0.39 is 5.43 Å². The Hall–Kier alpha value is -0.320. The van der Waals surface area contributed by atoms with Crippen LogP contribution in [-0.2, 0) is 9.47 Å². The first-order chi connectivity index (χ1) is 6.22. The summed E-state index contributed by atoms with van der Waals surface area (Å²) in [6.07, 6.45) is 1.44. The van der Waals surface area contributed by atoms with Gasteiger partial charge in [0, 0.05) is 17.5 Å². The van der Waals surface area contributed by atoms with Gasteiger partial charge in [0.15, 0.2) is 0 Å². The SMILES string of the molecule is O=C(Cl)O[C@@H]1[C@H](CO)[C@@H]2CC[C@H]1O2. The highest BCUT2D eigenvalue weighted by Crippen LogP contribution is 2.40. The van der Waals surface area contributed by atoms with Crippen LogP contribution in [0.1, 0.15) is 12.8 Å². The number of ether oxygens (including phenoxy) is 2. The summed E-state index contributed by atoms with van der Waals surface area (Å²) in [4.78, 5) is 10.5. The Labute approximate surface area is 80.8 Å². The lowest BCUT2D eigenvalue weighted by molar-refractivity contribution is 0.0343. The van der Waals surface area contributed by atoms with Gasteiger partial charge in [-0.1, -0.05) is 0 Å². The number of hydrogen-bond donors (Lipinski definition) is 1. The highest BCUT2D eigenvalue weighted by molar-refractivity contribution is 6.61. The molecular formula is C8H11ClO4. The quantitative estimate of drug-likeness (QED) is 0.682. The van der Waals surface area contributed by atoms with E-state index in [0.29, 0.717) is 0 Å². The van der Waals surface area contributed by atoms with Crippen LogP contribution >= 0.6 is 11.6 Å². The van der Waals surface area contributed by atoms with Gasteiger partial charge in [-0.15, -0.1) is 0 Å². The van der Waals surface area contributed by atoms with Gasteiger partial charge in [-0.2, -0.15) is 0 Å². The summed E-state index contributed by atoms with van der Waals surface area (Å²) in [5.41, 5.74) is -0.820. The summed E-state index contributed by atoms with van der Waals surface area (Å²) in [5.74, 6) is -0.0959. The minimum Gasteiger partial charge on any atom is -0.447 e. The van der Waals surface area contributed by atoms with Crippen molar-refractivity contribution in [3.8, 4) is 0 Å². The lowest BCUT2D eigenvalue weighted by Gasteiger charge is -2.24. The topological polar surface area (TPSA) is 55.8 Å². The average molecular weight is 207 g/mol. The Morgan fingerprint density at radius 1 is 1.54 bits per heavy atom. The molecule has 0 aromatic heterocycles. The summed E-state index contributed by atoms with van der Waals surface area (Å²) in [5, 5.41) is 9.06. The van der Waals surface area contributed by atoms with Gasteiger partial charge >= 0.3 is 5.43 Å². The Balaban J connectivity index is 2.04. The van der Waals surface area contributed by atoms with Crippen LogP contribution in [0.4, 0.5) is 4.79 Å². The second-order valence-electron chi connectivity index (χ2n) is 3.46. The molecule has 0 amide bonds. The summed E-state index contributed by atoms with van der Waals surface area (Å²) in [6, 6.07) is 0. The molecule has 2 heterocycles. The third kappa shape index (κ3) is 1.54. The van der Waals surface area contributed by atoms with Crippen LogP contribution < -0.4 is 0 Å². The molecule has 0 unspecified atom stereocenters. The number of halogens is 1. The van der Waals surface area contributed by atoms with Crippen molar-refractivity contribution in [3.63, 3.8) is 0 Å². The van der Waals surface area contributed by atoms with Crippen molar-refractivity contribution in [2.75, 3.05) is 6.61 Å². The van der Waals surface area contributed by atoms with Gasteiger partial charge in [-0.3, -0.25) is 0 Å². The Morgan fingerprint density at radius 3 is 2.85 bits per heavy atom. The molecule has 4 atom stereocenters. The van der Waals surface area contributed by atoms with Crippen molar-refractivity contribution in [2.45, 2.75) is 31.2 Å². The van der Waals surface area contributed by atoms with Crippen molar-refractivity contribution in [2.24, 2.45) is 5.92 Å². The number of rotatable bonds is 2. The summed E-state index contributed by atoms with van der Waals surface area (Å²) in [6.45, 7) is -0.0179. The number of carbonyl (C=O) groups is 1. The second kappa shape index (κ2) is 3.44. The Kier molecular flexibility index (Phi) is 2.45. The molecule has 1 N–H and O–H groups in total. The Morgan fingerprint density at radius 2 is 2.23 bits per heavy atom. The maximum Gasteiger partial charge on any atom is 0.404 e. The van der Waals surface area contributed by atoms with Crippen LogP contribution in [0.3, 0.4) is 0 Å². The molecular weight excluding hydrogens is 196 g/mol. The minimum atomic E-state index is -0.820. The van der Waals surface area contributed by atoms with Gasteiger partial charge in [0.2, 0.25) is 0 Å². The number of aliphatic hydroxyl groups excluding tert-OH is 1. The second-order valence-corrected chi connectivity index (χ2v) is 3.77. The molecule has 0 aromatic rings. The summed E-state index contributed by atoms with van der Waals surface area (Å²) < 4.78 is 10.4. The van der Waals surface area contributed by atoms with Crippen molar-refractivity contribution in [1.29, 1.82) is 0 Å². The van der Waals surface area contributed by atoms with E-state index in [-0.39, 0.29) is 30.8 Å². The first-order valence-electron chi connectivity index (χ1n) is 4.35. The molecule has 0 aliphatic carbocycles. The van der Waals surface area contributed by atoms with E-state index in [0.717, 1.165) is 12.8 Å². The largest absolute Gasteiger partial charge is 0.447 e. The van der Waals surface area contributed by atoms with Gasteiger partial charge in [0.05, 0.1) is 18.8 Å². The van der Waals surface area contributed by atoms with Gasteiger partial charge in [-0.25, -0.2) is 4.79 Å². The van der Waals surface area contributed by atoms with Gasteiger partial charge < -0.3 is 14.6 Å². The third-order valence-corrected chi connectivity index (χ3v) is 2.88. The maximum atomic E-state index is 10.5. The normalized spacial score (nSPS) is 42.3. The predicted octanol–water partition coefficient (Wildman–Crippen LogP) is 0.900. The van der Waals surface area contributed by atoms with E-state index in [1.165, 1.54) is 0 Å². The molecule has 0 aromatic carbocycles. The van der Waals surface area contributed by atoms with E-state index in [9.17, 15) is 4.79 Å². The molecule has 74 valence electrons. The molecule has 0 saturated carbocycles. The van der Waals surface area contributed by atoms with Crippen LogP contribution in [-0.4, -0.2) is 35.5 Å². The third-order valence-electron chi connectivity index (χ3n) is 2.79. The van der Waals surface area contributed by atoms with Crippen molar-refractivity contribution in [3.05, 3.63) is 0 Å². The van der Waals surface area contributed by atoms with Crippen LogP contribution in [0.15, 0.2) is 0 Å². The number of fused-ring (bicyclic) bond motifs is 2. The molecule has 13 heavy (non-hydrogen) atoms. The van der Waals surface area contributed by atoms with Crippen LogP contribution in [0.5, 0.6) is 0 Å². The van der Waals surface area contributed by atoms with Crippen molar-refractivity contribution < 1.29 is 19.4 Å². The van der Waals surface area contributed by atoms with E-state index in [1.807, 2.05) is 0 Å². The monoisotopic (exact) mass is 206 g/mol. The molecule has 2 aliphatic heterocycles. The first kappa shape index (κ1) is 9.24. The van der Waals surface area contributed by atoms with Crippen molar-refractivity contribution >= 4 is 17.0 Å². The van der Waals surface area contributed by atoms with Crippen molar-refractivity contribution in [1.82, 2.24) is 0 Å². The summed E-state index contributed by atoms with van der Waals surface area (Å²) in [7, 11) is 0. The number of aliphatic hydroxyl groups is 1. The zero-order valence-electron chi connectivity index (χ0n) is 6.98. The molecule has 2 rings (SSSR count). The lowest BCUT2D eigenvalue weighted by Crippen LogP contribution is -2.37. The predicted molar refractivity (Wildman–Crippen MR) is 44.6 cm³/mol. The molecule has 0 spiro atoms. The number of hydrogen-bond acceptors (Lipinski definition) is 4. The molecule has 2 fully saturated rings. The van der Waals surface area contributed by atoms with Gasteiger partial charge in [-0.05, 0) is 12.8 Å². The molecule has 0 radical (unpaired) electrons. The highest BCUT2D eigenvalue weighted by atomic mass is 35.5. The van der Waals surface area contributed by atoms with Crippen LogP contribution in [0, 0.1) is 5.92 Å². The molecule has 4 nitrogen and oxygen atoms in total. The number of carbonyl (C=O) groups excluding carboxylic acids is 1. The molecule has 2 aliphatic rings. The van der Waals surface area contributed by atoms with Gasteiger partial charge in [0.1, 0.15) is 6.10 Å². The average Bonchev–Trinajstić information content (AvgIpc) is 2.62. The lowest BCUT2D eigenvalue weighted by atomic mass is 9.87. The maximum absolute atomic E-state index is 10.5. The molecule has 2 bridgehead atoms. The van der Waals surface area contributed by atoms with Crippen LogP contribution in [0.2, 0.25) is 0 Å². The zero-order valence-corrected chi connectivity index (χ0v) is 7.74. The fourth-order valence-corrected chi connectivity index (χ4v) is 2.33. The van der Waals surface area contributed by atoms with Crippen LogP contribution in [0.25, 0.3) is 0 Å². The first-order valence-corrected chi connectivity index (χ1v) is 4.72. The minimum absolute atomic E-state index is 0.0179. The van der Waals surface area contributed by atoms with E-state index in [4.69, 9.17) is 26.2 Å². The Bertz CT molecular complexity index is 220. The smallest absolute Gasteiger partial charge is 0.404 e.